The Labute approximate surface area is 195 Å². The Morgan fingerprint density at radius 2 is 2.16 bits per heavy atom. The molecular formula is C21H25ClN4O3S2. The van der Waals surface area contributed by atoms with Crippen LogP contribution < -0.4 is 15.4 Å². The van der Waals surface area contributed by atoms with Crippen LogP contribution in [-0.2, 0) is 16.0 Å². The normalized spacial score (nSPS) is 15.7. The molecule has 2 amide bonds. The number of thioether (sulfide) groups is 2. The van der Waals surface area contributed by atoms with Gasteiger partial charge in [0.15, 0.2) is 5.16 Å². The van der Waals surface area contributed by atoms with Gasteiger partial charge in [-0.05, 0) is 42.9 Å². The molecule has 2 N–H and O–H groups in total. The lowest BCUT2D eigenvalue weighted by molar-refractivity contribution is -0.128. The van der Waals surface area contributed by atoms with Gasteiger partial charge in [0.1, 0.15) is 17.9 Å². The Morgan fingerprint density at radius 1 is 1.35 bits per heavy atom. The van der Waals surface area contributed by atoms with Gasteiger partial charge in [-0.2, -0.15) is 11.8 Å². The van der Waals surface area contributed by atoms with Gasteiger partial charge in [-0.25, -0.2) is 9.97 Å². The molecule has 0 spiro atoms. The third-order valence-electron chi connectivity index (χ3n) is 4.77. The van der Waals surface area contributed by atoms with Crippen LogP contribution in [-0.4, -0.2) is 58.7 Å². The first kappa shape index (κ1) is 23.7. The lowest BCUT2D eigenvalue weighted by Gasteiger charge is -2.19. The van der Waals surface area contributed by atoms with E-state index >= 15 is 0 Å². The zero-order chi connectivity index (χ0) is 22.4. The second kappa shape index (κ2) is 11.1. The molecule has 0 fully saturated rings. The molecule has 10 heteroatoms. The van der Waals surface area contributed by atoms with Crippen LogP contribution in [0.15, 0.2) is 29.6 Å². The topological polar surface area (TPSA) is 93.2 Å². The maximum Gasteiger partial charge on any atom is 0.242 e. The van der Waals surface area contributed by atoms with E-state index in [0.29, 0.717) is 35.3 Å². The highest BCUT2D eigenvalue weighted by Crippen LogP contribution is 2.39. The Balaban J connectivity index is 1.65. The van der Waals surface area contributed by atoms with Gasteiger partial charge in [0, 0.05) is 30.7 Å². The first-order chi connectivity index (χ1) is 14.9. The van der Waals surface area contributed by atoms with Crippen LogP contribution in [0.1, 0.15) is 18.9 Å². The summed E-state index contributed by atoms with van der Waals surface area (Å²) in [4.78, 5) is 32.7. The molecule has 1 aliphatic heterocycles. The van der Waals surface area contributed by atoms with Gasteiger partial charge in [0.25, 0.3) is 0 Å². The number of halogens is 1. The summed E-state index contributed by atoms with van der Waals surface area (Å²) >= 11 is 9.59. The van der Waals surface area contributed by atoms with Crippen LogP contribution in [0.4, 0.5) is 0 Å². The van der Waals surface area contributed by atoms with Crippen molar-refractivity contribution in [1.82, 2.24) is 20.6 Å². The van der Waals surface area contributed by atoms with Crippen molar-refractivity contribution in [3.8, 4) is 17.0 Å². The number of nitrogens with zero attached hydrogens (tertiary/aromatic N) is 2. The van der Waals surface area contributed by atoms with Crippen LogP contribution in [0.5, 0.6) is 5.75 Å². The molecule has 0 saturated carbocycles. The van der Waals surface area contributed by atoms with E-state index in [1.165, 1.54) is 18.7 Å². The lowest BCUT2D eigenvalue weighted by Crippen LogP contribution is -2.48. The average Bonchev–Trinajstić information content (AvgIpc) is 3.18. The summed E-state index contributed by atoms with van der Waals surface area (Å²) in [5, 5.41) is 6.82. The van der Waals surface area contributed by atoms with Gasteiger partial charge >= 0.3 is 0 Å². The van der Waals surface area contributed by atoms with Gasteiger partial charge in [0.2, 0.25) is 11.8 Å². The number of hydrogen-bond acceptors (Lipinski definition) is 7. The Kier molecular flexibility index (Phi) is 8.45. The molecule has 0 bridgehead atoms. The number of hydrogen-bond donors (Lipinski definition) is 2. The monoisotopic (exact) mass is 480 g/mol. The largest absolute Gasteiger partial charge is 0.486 e. The summed E-state index contributed by atoms with van der Waals surface area (Å²) < 4.78 is 5.99. The number of ether oxygens (including phenoxy) is 1. The van der Waals surface area contributed by atoms with E-state index in [9.17, 15) is 9.59 Å². The smallest absolute Gasteiger partial charge is 0.242 e. The minimum atomic E-state index is -0.549. The van der Waals surface area contributed by atoms with Gasteiger partial charge < -0.3 is 15.4 Å². The number of amides is 2. The summed E-state index contributed by atoms with van der Waals surface area (Å²) in [5.41, 5.74) is 2.68. The Morgan fingerprint density at radius 3 is 2.87 bits per heavy atom. The highest BCUT2D eigenvalue weighted by atomic mass is 35.5. The number of benzene rings is 1. The summed E-state index contributed by atoms with van der Waals surface area (Å²) in [6.07, 6.45) is 6.60. The van der Waals surface area contributed by atoms with Crippen molar-refractivity contribution in [3.63, 3.8) is 0 Å². The van der Waals surface area contributed by atoms with Gasteiger partial charge in [-0.15, -0.1) is 0 Å². The molecule has 31 heavy (non-hydrogen) atoms. The fourth-order valence-corrected chi connectivity index (χ4v) is 4.45. The molecule has 1 aliphatic rings. The number of fused-ring (bicyclic) bond motifs is 1. The SMILES string of the molecule is CSCC[C@H](NC(C)=O)C(=O)NC[C@@H]1Cc2cc(-c3ccnc(SC)n3)cc(Cl)c2O1. The van der Waals surface area contributed by atoms with E-state index < -0.39 is 6.04 Å². The number of carbonyl (C=O) groups is 2. The van der Waals surface area contributed by atoms with Gasteiger partial charge in [0.05, 0.1) is 17.3 Å². The molecule has 0 radical (unpaired) electrons. The lowest BCUT2D eigenvalue weighted by atomic mass is 10.0. The summed E-state index contributed by atoms with van der Waals surface area (Å²) in [6, 6.07) is 5.16. The van der Waals surface area contributed by atoms with Gasteiger partial charge in [-0.1, -0.05) is 23.4 Å². The number of rotatable bonds is 9. The van der Waals surface area contributed by atoms with Crippen molar-refractivity contribution in [2.45, 2.75) is 37.1 Å². The molecule has 3 rings (SSSR count). The predicted molar refractivity (Wildman–Crippen MR) is 126 cm³/mol. The van der Waals surface area contributed by atoms with E-state index in [4.69, 9.17) is 16.3 Å². The zero-order valence-electron chi connectivity index (χ0n) is 17.6. The van der Waals surface area contributed by atoms with E-state index in [1.54, 1.807) is 18.0 Å². The van der Waals surface area contributed by atoms with Crippen LogP contribution >= 0.6 is 35.1 Å². The molecule has 2 atom stereocenters. The molecule has 2 aromatic rings. The van der Waals surface area contributed by atoms with Crippen molar-refractivity contribution < 1.29 is 14.3 Å². The molecule has 1 aromatic carbocycles. The second-order valence-electron chi connectivity index (χ2n) is 7.10. The van der Waals surface area contributed by atoms with Crippen molar-refractivity contribution in [1.29, 1.82) is 0 Å². The number of aromatic nitrogens is 2. The number of carbonyl (C=O) groups excluding carboxylic acids is 2. The average molecular weight is 481 g/mol. The van der Waals surface area contributed by atoms with Crippen LogP contribution in [0.2, 0.25) is 5.02 Å². The maximum atomic E-state index is 12.5. The van der Waals surface area contributed by atoms with Crippen molar-refractivity contribution in [3.05, 3.63) is 35.0 Å². The van der Waals surface area contributed by atoms with E-state index in [2.05, 4.69) is 20.6 Å². The summed E-state index contributed by atoms with van der Waals surface area (Å²) in [6.45, 7) is 1.74. The van der Waals surface area contributed by atoms with Crippen LogP contribution in [0, 0.1) is 0 Å². The fourth-order valence-electron chi connectivity index (χ4n) is 3.34. The molecule has 7 nitrogen and oxygen atoms in total. The Hall–Kier alpha value is -1.97. The standard InChI is InChI=1S/C21H25ClN4O3S2/c1-12(27)25-18(5-7-30-2)20(28)24-11-15-9-14-8-13(10-16(22)19(14)29-15)17-4-6-23-21(26-17)31-3/h4,6,8,10,15,18H,5,7,9,11H2,1-3H3,(H,24,28)(H,25,27)/t15-,18-/m0/s1. The quantitative estimate of drug-likeness (QED) is 0.420. The van der Waals surface area contributed by atoms with Crippen molar-refractivity contribution in [2.24, 2.45) is 0 Å². The third-order valence-corrected chi connectivity index (χ3v) is 6.26. The van der Waals surface area contributed by atoms with Gasteiger partial charge in [-0.3, -0.25) is 9.59 Å². The zero-order valence-corrected chi connectivity index (χ0v) is 20.0. The molecule has 0 unspecified atom stereocenters. The van der Waals surface area contributed by atoms with E-state index in [-0.39, 0.29) is 17.9 Å². The molecule has 166 valence electrons. The molecular weight excluding hydrogens is 456 g/mol. The first-order valence-corrected chi connectivity index (χ1v) is 12.8. The molecule has 0 aliphatic carbocycles. The maximum absolute atomic E-state index is 12.5. The third kappa shape index (κ3) is 6.27. The highest BCUT2D eigenvalue weighted by molar-refractivity contribution is 7.98. The highest BCUT2D eigenvalue weighted by Gasteiger charge is 2.28. The molecule has 1 aromatic heterocycles. The second-order valence-corrected chi connectivity index (χ2v) is 9.26. The molecule has 2 heterocycles. The predicted octanol–water partition coefficient (Wildman–Crippen LogP) is 3.20. The van der Waals surface area contributed by atoms with Crippen molar-refractivity contribution in [2.75, 3.05) is 24.8 Å². The number of nitrogens with one attached hydrogen (secondary N) is 2. The summed E-state index contributed by atoms with van der Waals surface area (Å²) in [5.74, 6) is 0.994. The fraction of sp³-hybridized carbons (Fsp3) is 0.429. The molecule has 0 saturated heterocycles. The Bertz CT molecular complexity index is 960. The first-order valence-electron chi connectivity index (χ1n) is 9.81. The minimum absolute atomic E-state index is 0.207. The minimum Gasteiger partial charge on any atom is -0.486 e. The van der Waals surface area contributed by atoms with E-state index in [0.717, 1.165) is 22.6 Å². The van der Waals surface area contributed by atoms with Crippen LogP contribution in [0.3, 0.4) is 0 Å². The summed E-state index contributed by atoms with van der Waals surface area (Å²) in [7, 11) is 0. The van der Waals surface area contributed by atoms with Crippen molar-refractivity contribution >= 4 is 46.9 Å². The van der Waals surface area contributed by atoms with Crippen LogP contribution in [0.25, 0.3) is 11.3 Å². The van der Waals surface area contributed by atoms with E-state index in [1.807, 2.05) is 30.7 Å².